The van der Waals surface area contributed by atoms with E-state index in [-0.39, 0.29) is 6.04 Å². The molecule has 5 heteroatoms. The van der Waals surface area contributed by atoms with Crippen LogP contribution in [0.15, 0.2) is 35.2 Å². The predicted molar refractivity (Wildman–Crippen MR) is 75.2 cm³/mol. The Balaban J connectivity index is 2.09. The number of hydrogen-bond acceptors (Lipinski definition) is 3. The maximum atomic E-state index is 5.97. The number of nitrogens with two attached hydrogens (primary N) is 1. The van der Waals surface area contributed by atoms with Gasteiger partial charge in [-0.3, -0.25) is 4.98 Å². The smallest absolute Gasteiger partial charge is 0.110 e. The first kappa shape index (κ1) is 13.2. The van der Waals surface area contributed by atoms with Crippen molar-refractivity contribution in [1.82, 2.24) is 14.5 Å². The Bertz CT molecular complexity index is 492. The summed E-state index contributed by atoms with van der Waals surface area (Å²) >= 11 is 3.38. The Hall–Kier alpha value is -1.20. The maximum Gasteiger partial charge on any atom is 0.110 e. The molecule has 0 amide bonds. The van der Waals surface area contributed by atoms with Crippen LogP contribution in [0.4, 0.5) is 0 Å². The van der Waals surface area contributed by atoms with Crippen LogP contribution >= 0.6 is 15.9 Å². The molecule has 0 saturated heterocycles. The average Bonchev–Trinajstić information content (AvgIpc) is 2.79. The highest BCUT2D eigenvalue weighted by molar-refractivity contribution is 9.10. The summed E-state index contributed by atoms with van der Waals surface area (Å²) < 4.78 is 3.09. The number of hydrogen-bond donors (Lipinski definition) is 1. The highest BCUT2D eigenvalue weighted by atomic mass is 79.9. The van der Waals surface area contributed by atoms with Crippen molar-refractivity contribution in [1.29, 1.82) is 0 Å². The minimum absolute atomic E-state index is 0.170. The predicted octanol–water partition coefficient (Wildman–Crippen LogP) is 2.37. The zero-order chi connectivity index (χ0) is 13.0. The molecule has 2 heterocycles. The van der Waals surface area contributed by atoms with E-state index in [9.17, 15) is 0 Å². The second-order valence-electron chi connectivity index (χ2n) is 4.31. The van der Waals surface area contributed by atoms with Gasteiger partial charge >= 0.3 is 0 Å². The molecule has 0 aliphatic heterocycles. The summed E-state index contributed by atoms with van der Waals surface area (Å²) in [4.78, 5) is 8.73. The molecule has 0 fully saturated rings. The maximum absolute atomic E-state index is 5.97. The van der Waals surface area contributed by atoms with Crippen LogP contribution in [-0.2, 0) is 13.0 Å². The quantitative estimate of drug-likeness (QED) is 0.922. The van der Waals surface area contributed by atoms with Gasteiger partial charge in [0.15, 0.2) is 0 Å². The zero-order valence-corrected chi connectivity index (χ0v) is 12.0. The van der Waals surface area contributed by atoms with Crippen molar-refractivity contribution >= 4 is 15.9 Å². The molecule has 1 atom stereocenters. The second-order valence-corrected chi connectivity index (χ2v) is 5.23. The zero-order valence-electron chi connectivity index (χ0n) is 10.4. The summed E-state index contributed by atoms with van der Waals surface area (Å²) in [7, 11) is 0. The molecule has 4 nitrogen and oxygen atoms in total. The number of pyridine rings is 1. The van der Waals surface area contributed by atoms with Crippen LogP contribution in [0.3, 0.4) is 0 Å². The van der Waals surface area contributed by atoms with Crippen molar-refractivity contribution in [3.8, 4) is 0 Å². The van der Waals surface area contributed by atoms with E-state index in [4.69, 9.17) is 5.73 Å². The van der Waals surface area contributed by atoms with Crippen molar-refractivity contribution in [2.75, 3.05) is 0 Å². The molecule has 0 aromatic carbocycles. The lowest BCUT2D eigenvalue weighted by Crippen LogP contribution is -2.23. The van der Waals surface area contributed by atoms with Gasteiger partial charge in [0.05, 0.1) is 12.2 Å². The highest BCUT2D eigenvalue weighted by Gasteiger charge is 2.08. The summed E-state index contributed by atoms with van der Waals surface area (Å²) in [5.74, 6) is 1.02. The van der Waals surface area contributed by atoms with Gasteiger partial charge in [0.2, 0.25) is 0 Å². The largest absolute Gasteiger partial charge is 0.329 e. The molecular weight excluding hydrogens is 292 g/mol. The van der Waals surface area contributed by atoms with E-state index in [0.29, 0.717) is 0 Å². The van der Waals surface area contributed by atoms with Crippen LogP contribution in [0.1, 0.15) is 24.9 Å². The molecule has 1 unspecified atom stereocenters. The Labute approximate surface area is 115 Å². The molecule has 0 spiro atoms. The van der Waals surface area contributed by atoms with Gasteiger partial charge in [-0.15, -0.1) is 0 Å². The van der Waals surface area contributed by atoms with Gasteiger partial charge in [0.25, 0.3) is 0 Å². The van der Waals surface area contributed by atoms with Crippen LogP contribution in [0, 0.1) is 0 Å². The van der Waals surface area contributed by atoms with Crippen molar-refractivity contribution in [2.24, 2.45) is 5.73 Å². The van der Waals surface area contributed by atoms with E-state index in [1.165, 1.54) is 0 Å². The fourth-order valence-electron chi connectivity index (χ4n) is 1.73. The first-order chi connectivity index (χ1) is 8.69. The number of aromatic nitrogens is 3. The molecule has 0 aliphatic rings. The van der Waals surface area contributed by atoms with Crippen LogP contribution < -0.4 is 5.73 Å². The van der Waals surface area contributed by atoms with Gasteiger partial charge in [-0.25, -0.2) is 4.98 Å². The van der Waals surface area contributed by atoms with Gasteiger partial charge in [-0.2, -0.15) is 0 Å². The van der Waals surface area contributed by atoms with Crippen LogP contribution in [-0.4, -0.2) is 20.6 Å². The average molecular weight is 309 g/mol. The molecule has 0 aliphatic carbocycles. The molecule has 2 aromatic heterocycles. The van der Waals surface area contributed by atoms with Crippen LogP contribution in [0.5, 0.6) is 0 Å². The fraction of sp³-hybridized carbons (Fsp3) is 0.385. The molecule has 2 aromatic rings. The third-order valence-electron chi connectivity index (χ3n) is 2.89. The summed E-state index contributed by atoms with van der Waals surface area (Å²) in [6.45, 7) is 2.83. The van der Waals surface area contributed by atoms with Gasteiger partial charge in [0, 0.05) is 35.5 Å². The number of imidazole rings is 1. The van der Waals surface area contributed by atoms with Crippen LogP contribution in [0.2, 0.25) is 0 Å². The summed E-state index contributed by atoms with van der Waals surface area (Å²) in [5, 5.41) is 0. The van der Waals surface area contributed by atoms with Crippen molar-refractivity contribution in [3.05, 3.63) is 46.7 Å². The molecule has 0 radical (unpaired) electrons. The van der Waals surface area contributed by atoms with E-state index in [2.05, 4.69) is 37.4 Å². The molecule has 0 bridgehead atoms. The van der Waals surface area contributed by atoms with Crippen molar-refractivity contribution < 1.29 is 0 Å². The highest BCUT2D eigenvalue weighted by Crippen LogP contribution is 2.10. The van der Waals surface area contributed by atoms with Gasteiger partial charge in [-0.1, -0.05) is 6.92 Å². The van der Waals surface area contributed by atoms with Gasteiger partial charge in [0.1, 0.15) is 5.82 Å². The van der Waals surface area contributed by atoms with E-state index >= 15 is 0 Å². The first-order valence-electron chi connectivity index (χ1n) is 6.05. The summed E-state index contributed by atoms with van der Waals surface area (Å²) in [6.07, 6.45) is 7.37. The van der Waals surface area contributed by atoms with E-state index in [1.54, 1.807) is 0 Å². The first-order valence-corrected chi connectivity index (χ1v) is 6.84. The lowest BCUT2D eigenvalue weighted by Gasteiger charge is -2.11. The molecule has 2 rings (SSSR count). The Morgan fingerprint density at radius 3 is 2.89 bits per heavy atom. The Morgan fingerprint density at radius 2 is 2.22 bits per heavy atom. The van der Waals surface area contributed by atoms with Gasteiger partial charge < -0.3 is 10.3 Å². The van der Waals surface area contributed by atoms with Crippen LogP contribution in [0.25, 0.3) is 0 Å². The molecule has 18 heavy (non-hydrogen) atoms. The Kier molecular flexibility index (Phi) is 4.49. The topological polar surface area (TPSA) is 56.7 Å². The summed E-state index contributed by atoms with van der Waals surface area (Å²) in [6, 6.07) is 4.17. The lowest BCUT2D eigenvalue weighted by molar-refractivity contribution is 0.595. The van der Waals surface area contributed by atoms with Crippen molar-refractivity contribution in [3.63, 3.8) is 0 Å². The molecule has 96 valence electrons. The summed E-state index contributed by atoms with van der Waals surface area (Å²) in [5.41, 5.74) is 6.99. The molecular formula is C13H17BrN4. The standard InChI is InChI=1S/C13H17BrN4/c1-2-11(15)7-13-16-5-6-18(13)9-12-4-3-10(14)8-17-12/h3-6,8,11H,2,7,9,15H2,1H3. The third kappa shape index (κ3) is 3.40. The van der Waals surface area contributed by atoms with Gasteiger partial charge in [-0.05, 0) is 34.5 Å². The minimum atomic E-state index is 0.170. The van der Waals surface area contributed by atoms with E-state index in [1.807, 2.05) is 30.7 Å². The lowest BCUT2D eigenvalue weighted by atomic mass is 10.1. The Morgan fingerprint density at radius 1 is 1.39 bits per heavy atom. The monoisotopic (exact) mass is 308 g/mol. The molecule has 0 saturated carbocycles. The SMILES string of the molecule is CCC(N)Cc1nccn1Cc1ccc(Br)cn1. The second kappa shape index (κ2) is 6.11. The normalized spacial score (nSPS) is 12.6. The number of nitrogens with zero attached hydrogens (tertiary/aromatic N) is 3. The third-order valence-corrected chi connectivity index (χ3v) is 3.36. The van der Waals surface area contributed by atoms with E-state index < -0.39 is 0 Å². The number of halogens is 1. The van der Waals surface area contributed by atoms with E-state index in [0.717, 1.165) is 35.4 Å². The fourth-order valence-corrected chi connectivity index (χ4v) is 1.96. The minimum Gasteiger partial charge on any atom is -0.329 e. The van der Waals surface area contributed by atoms with Crippen molar-refractivity contribution in [2.45, 2.75) is 32.4 Å². The molecule has 2 N–H and O–H groups in total. The number of rotatable bonds is 5.